The SMILES string of the molecule is CC[C@H](C)[C@H](NCC(=O)N1CCN(Cc2cccc(C)c2)CC1)C(=O)O. The maximum atomic E-state index is 12.4. The summed E-state index contributed by atoms with van der Waals surface area (Å²) >= 11 is 0. The highest BCUT2D eigenvalue weighted by Crippen LogP contribution is 2.11. The van der Waals surface area contributed by atoms with Crippen LogP contribution in [-0.2, 0) is 16.1 Å². The van der Waals surface area contributed by atoms with Crippen molar-refractivity contribution in [3.8, 4) is 0 Å². The fourth-order valence-electron chi connectivity index (χ4n) is 3.30. The number of piperazine rings is 1. The van der Waals surface area contributed by atoms with Gasteiger partial charge in [-0.2, -0.15) is 0 Å². The van der Waals surface area contributed by atoms with Crippen LogP contribution < -0.4 is 5.32 Å². The summed E-state index contributed by atoms with van der Waals surface area (Å²) in [5.41, 5.74) is 2.56. The van der Waals surface area contributed by atoms with E-state index in [1.54, 1.807) is 0 Å². The van der Waals surface area contributed by atoms with E-state index < -0.39 is 12.0 Å². The minimum atomic E-state index is -0.893. The fraction of sp³-hybridized carbons (Fsp3) is 0.600. The van der Waals surface area contributed by atoms with Gasteiger partial charge in [0.15, 0.2) is 0 Å². The van der Waals surface area contributed by atoms with Crippen LogP contribution in [0.3, 0.4) is 0 Å². The molecule has 2 rings (SSSR count). The standard InChI is InChI=1S/C20H31N3O3/c1-4-16(3)19(20(25)26)21-13-18(24)23-10-8-22(9-11-23)14-17-7-5-6-15(2)12-17/h5-7,12,16,19,21H,4,8-11,13-14H2,1-3H3,(H,25,26)/t16-,19-/m0/s1. The summed E-state index contributed by atoms with van der Waals surface area (Å²) in [5.74, 6) is -0.920. The molecule has 0 bridgehead atoms. The summed E-state index contributed by atoms with van der Waals surface area (Å²) in [6, 6.07) is 7.83. The van der Waals surface area contributed by atoms with Crippen molar-refractivity contribution in [1.82, 2.24) is 15.1 Å². The third-order valence-electron chi connectivity index (χ3n) is 5.17. The Labute approximate surface area is 156 Å². The molecule has 0 saturated carbocycles. The number of hydrogen-bond donors (Lipinski definition) is 2. The second-order valence-electron chi connectivity index (χ2n) is 7.23. The van der Waals surface area contributed by atoms with Gasteiger partial charge in [-0.05, 0) is 18.4 Å². The van der Waals surface area contributed by atoms with Crippen LogP contribution in [-0.4, -0.2) is 65.5 Å². The molecule has 1 aromatic rings. The molecule has 0 unspecified atom stereocenters. The molecule has 2 atom stereocenters. The number of aliphatic carboxylic acids is 1. The zero-order valence-electron chi connectivity index (χ0n) is 16.1. The van der Waals surface area contributed by atoms with Crippen molar-refractivity contribution in [3.05, 3.63) is 35.4 Å². The lowest BCUT2D eigenvalue weighted by Crippen LogP contribution is -2.52. The Hall–Kier alpha value is -1.92. The number of hydrogen-bond acceptors (Lipinski definition) is 4. The summed E-state index contributed by atoms with van der Waals surface area (Å²) in [4.78, 5) is 27.9. The van der Waals surface area contributed by atoms with Crippen molar-refractivity contribution in [2.24, 2.45) is 5.92 Å². The van der Waals surface area contributed by atoms with Crippen molar-refractivity contribution in [3.63, 3.8) is 0 Å². The van der Waals surface area contributed by atoms with Gasteiger partial charge in [0.25, 0.3) is 0 Å². The van der Waals surface area contributed by atoms with Gasteiger partial charge < -0.3 is 10.0 Å². The Balaban J connectivity index is 1.78. The summed E-state index contributed by atoms with van der Waals surface area (Å²) in [7, 11) is 0. The first-order chi connectivity index (χ1) is 12.4. The van der Waals surface area contributed by atoms with Gasteiger partial charge in [-0.1, -0.05) is 50.1 Å². The Morgan fingerprint density at radius 2 is 1.92 bits per heavy atom. The molecule has 1 aromatic carbocycles. The van der Waals surface area contributed by atoms with Crippen LogP contribution >= 0.6 is 0 Å². The molecule has 6 heteroatoms. The number of nitrogens with zero attached hydrogens (tertiary/aromatic N) is 2. The predicted octanol–water partition coefficient (Wildman–Crippen LogP) is 1.73. The van der Waals surface area contributed by atoms with E-state index in [-0.39, 0.29) is 18.4 Å². The highest BCUT2D eigenvalue weighted by molar-refractivity contribution is 5.80. The van der Waals surface area contributed by atoms with E-state index in [9.17, 15) is 14.7 Å². The molecule has 0 radical (unpaired) electrons. The summed E-state index contributed by atoms with van der Waals surface area (Å²) in [6.07, 6.45) is 0.760. The number of carbonyl (C=O) groups excluding carboxylic acids is 1. The second kappa shape index (κ2) is 9.69. The molecule has 1 saturated heterocycles. The molecule has 0 aliphatic carbocycles. The van der Waals surface area contributed by atoms with Gasteiger partial charge in [-0.3, -0.25) is 19.8 Å². The van der Waals surface area contributed by atoms with E-state index in [4.69, 9.17) is 0 Å². The van der Waals surface area contributed by atoms with E-state index in [0.29, 0.717) is 13.1 Å². The monoisotopic (exact) mass is 361 g/mol. The Kier molecular flexibility index (Phi) is 7.60. The lowest BCUT2D eigenvalue weighted by atomic mass is 9.99. The molecule has 144 valence electrons. The molecule has 6 nitrogen and oxygen atoms in total. The topological polar surface area (TPSA) is 72.9 Å². The van der Waals surface area contributed by atoms with Crippen LogP contribution in [0.5, 0.6) is 0 Å². The van der Waals surface area contributed by atoms with Gasteiger partial charge >= 0.3 is 5.97 Å². The Bertz CT molecular complexity index is 612. The van der Waals surface area contributed by atoms with E-state index in [1.165, 1.54) is 11.1 Å². The number of rotatable bonds is 8. The average Bonchev–Trinajstić information content (AvgIpc) is 2.61. The van der Waals surface area contributed by atoms with Gasteiger partial charge in [-0.25, -0.2) is 0 Å². The molecular formula is C20H31N3O3. The van der Waals surface area contributed by atoms with Crippen molar-refractivity contribution in [1.29, 1.82) is 0 Å². The molecule has 26 heavy (non-hydrogen) atoms. The van der Waals surface area contributed by atoms with Crippen LogP contribution in [0.1, 0.15) is 31.4 Å². The number of carboxylic acids is 1. The van der Waals surface area contributed by atoms with Crippen LogP contribution in [0.25, 0.3) is 0 Å². The van der Waals surface area contributed by atoms with Gasteiger partial charge in [0.1, 0.15) is 6.04 Å². The minimum absolute atomic E-state index is 0.00789. The van der Waals surface area contributed by atoms with Crippen molar-refractivity contribution in [2.75, 3.05) is 32.7 Å². The number of nitrogens with one attached hydrogen (secondary N) is 1. The Morgan fingerprint density at radius 1 is 1.23 bits per heavy atom. The molecule has 0 aromatic heterocycles. The van der Waals surface area contributed by atoms with E-state index in [0.717, 1.165) is 26.1 Å². The minimum Gasteiger partial charge on any atom is -0.480 e. The zero-order chi connectivity index (χ0) is 19.1. The van der Waals surface area contributed by atoms with Crippen molar-refractivity contribution < 1.29 is 14.7 Å². The van der Waals surface area contributed by atoms with E-state index in [2.05, 4.69) is 41.4 Å². The van der Waals surface area contributed by atoms with Gasteiger partial charge in [0.05, 0.1) is 6.54 Å². The third kappa shape index (κ3) is 5.81. The lowest BCUT2D eigenvalue weighted by Gasteiger charge is -2.35. The maximum absolute atomic E-state index is 12.4. The molecule has 1 heterocycles. The second-order valence-corrected chi connectivity index (χ2v) is 7.23. The third-order valence-corrected chi connectivity index (χ3v) is 5.17. The molecule has 2 N–H and O–H groups in total. The summed E-state index contributed by atoms with van der Waals surface area (Å²) in [5, 5.41) is 12.2. The average molecular weight is 361 g/mol. The zero-order valence-corrected chi connectivity index (χ0v) is 16.1. The lowest BCUT2D eigenvalue weighted by molar-refractivity contribution is -0.141. The largest absolute Gasteiger partial charge is 0.480 e. The maximum Gasteiger partial charge on any atom is 0.320 e. The molecule has 1 aliphatic heterocycles. The summed E-state index contributed by atoms with van der Waals surface area (Å²) in [6.45, 7) is 9.98. The van der Waals surface area contributed by atoms with Gasteiger partial charge in [0, 0.05) is 32.7 Å². The number of benzene rings is 1. The predicted molar refractivity (Wildman–Crippen MR) is 102 cm³/mol. The summed E-state index contributed by atoms with van der Waals surface area (Å²) < 4.78 is 0. The highest BCUT2D eigenvalue weighted by Gasteiger charge is 2.26. The van der Waals surface area contributed by atoms with Crippen LogP contribution in [0, 0.1) is 12.8 Å². The Morgan fingerprint density at radius 3 is 2.50 bits per heavy atom. The normalized spacial score (nSPS) is 17.7. The van der Waals surface area contributed by atoms with E-state index in [1.807, 2.05) is 18.7 Å². The van der Waals surface area contributed by atoms with Crippen molar-refractivity contribution >= 4 is 11.9 Å². The number of carbonyl (C=O) groups is 2. The quantitative estimate of drug-likeness (QED) is 0.738. The van der Waals surface area contributed by atoms with Crippen molar-refractivity contribution in [2.45, 2.75) is 39.8 Å². The van der Waals surface area contributed by atoms with E-state index >= 15 is 0 Å². The smallest absolute Gasteiger partial charge is 0.320 e. The molecule has 1 fully saturated rings. The first-order valence-corrected chi connectivity index (χ1v) is 9.42. The first-order valence-electron chi connectivity index (χ1n) is 9.42. The number of amides is 1. The highest BCUT2D eigenvalue weighted by atomic mass is 16.4. The van der Waals surface area contributed by atoms with Crippen LogP contribution in [0.4, 0.5) is 0 Å². The fourth-order valence-corrected chi connectivity index (χ4v) is 3.30. The molecular weight excluding hydrogens is 330 g/mol. The number of carboxylic acid groups (broad SMARTS) is 1. The van der Waals surface area contributed by atoms with Gasteiger partial charge in [-0.15, -0.1) is 0 Å². The molecule has 1 aliphatic rings. The molecule has 0 spiro atoms. The first kappa shape index (κ1) is 20.4. The van der Waals surface area contributed by atoms with Gasteiger partial charge in [0.2, 0.25) is 5.91 Å². The van der Waals surface area contributed by atoms with Crippen LogP contribution in [0.15, 0.2) is 24.3 Å². The number of aryl methyl sites for hydroxylation is 1. The van der Waals surface area contributed by atoms with Crippen LogP contribution in [0.2, 0.25) is 0 Å². The molecule has 1 amide bonds.